The third-order valence-electron chi connectivity index (χ3n) is 1.86. The van der Waals surface area contributed by atoms with Gasteiger partial charge in [-0.3, -0.25) is 0 Å². The van der Waals surface area contributed by atoms with E-state index < -0.39 is 0 Å². The summed E-state index contributed by atoms with van der Waals surface area (Å²) in [5.41, 5.74) is 0. The molecule has 0 aromatic heterocycles. The van der Waals surface area contributed by atoms with Crippen molar-refractivity contribution in [3.05, 3.63) is 30.3 Å². The monoisotopic (exact) mass is 244 g/mol. The summed E-state index contributed by atoms with van der Waals surface area (Å²) in [6.07, 6.45) is 4.38. The predicted molar refractivity (Wildman–Crippen MR) is 72.9 cm³/mol. The van der Waals surface area contributed by atoms with E-state index in [-0.39, 0.29) is 0 Å². The van der Waals surface area contributed by atoms with E-state index >= 15 is 0 Å². The van der Waals surface area contributed by atoms with E-state index in [1.165, 1.54) is 16.4 Å². The Morgan fingerprint density at radius 3 is 2.36 bits per heavy atom. The SMILES string of the molecule is CSC[C@H](CSc1ccccc1)SC. The number of benzene rings is 1. The highest BCUT2D eigenvalue weighted by Crippen LogP contribution is 2.23. The van der Waals surface area contributed by atoms with E-state index in [0.29, 0.717) is 0 Å². The highest BCUT2D eigenvalue weighted by molar-refractivity contribution is 8.04. The minimum atomic E-state index is 0.773. The Labute approximate surface area is 99.6 Å². The van der Waals surface area contributed by atoms with Crippen LogP contribution < -0.4 is 0 Å². The fourth-order valence-electron chi connectivity index (χ4n) is 1.08. The van der Waals surface area contributed by atoms with Gasteiger partial charge in [0.15, 0.2) is 0 Å². The smallest absolute Gasteiger partial charge is 0.0229 e. The van der Waals surface area contributed by atoms with Gasteiger partial charge in [-0.25, -0.2) is 0 Å². The Morgan fingerprint density at radius 1 is 1.07 bits per heavy atom. The van der Waals surface area contributed by atoms with Crippen LogP contribution in [0.15, 0.2) is 35.2 Å². The van der Waals surface area contributed by atoms with Gasteiger partial charge in [-0.15, -0.1) is 11.8 Å². The minimum Gasteiger partial charge on any atom is -0.164 e. The summed E-state index contributed by atoms with van der Waals surface area (Å²) in [7, 11) is 0. The molecule has 1 atom stereocenters. The second kappa shape index (κ2) is 7.55. The molecule has 1 rings (SSSR count). The summed E-state index contributed by atoms with van der Waals surface area (Å²) in [4.78, 5) is 1.38. The topological polar surface area (TPSA) is 0 Å². The normalized spacial score (nSPS) is 12.7. The van der Waals surface area contributed by atoms with Crippen molar-refractivity contribution in [3.8, 4) is 0 Å². The molecule has 78 valence electrons. The number of rotatable bonds is 6. The molecule has 0 aliphatic carbocycles. The molecule has 0 spiro atoms. The van der Waals surface area contributed by atoms with E-state index in [0.717, 1.165) is 5.25 Å². The lowest BCUT2D eigenvalue weighted by Gasteiger charge is -2.11. The summed E-state index contributed by atoms with van der Waals surface area (Å²) in [6, 6.07) is 10.6. The van der Waals surface area contributed by atoms with Crippen molar-refractivity contribution in [1.82, 2.24) is 0 Å². The fourth-order valence-corrected chi connectivity index (χ4v) is 4.26. The third kappa shape index (κ3) is 4.67. The lowest BCUT2D eigenvalue weighted by molar-refractivity contribution is 1.15. The van der Waals surface area contributed by atoms with Gasteiger partial charge in [0.05, 0.1) is 0 Å². The Kier molecular flexibility index (Phi) is 6.65. The van der Waals surface area contributed by atoms with Gasteiger partial charge >= 0.3 is 0 Å². The van der Waals surface area contributed by atoms with Gasteiger partial charge in [0.1, 0.15) is 0 Å². The van der Waals surface area contributed by atoms with Gasteiger partial charge in [0.25, 0.3) is 0 Å². The van der Waals surface area contributed by atoms with Crippen molar-refractivity contribution in [1.29, 1.82) is 0 Å². The van der Waals surface area contributed by atoms with Crippen LogP contribution >= 0.6 is 35.3 Å². The zero-order chi connectivity index (χ0) is 10.2. The van der Waals surface area contributed by atoms with Crippen LogP contribution in [0.25, 0.3) is 0 Å². The second-order valence-electron chi connectivity index (χ2n) is 2.94. The van der Waals surface area contributed by atoms with E-state index in [9.17, 15) is 0 Å². The van der Waals surface area contributed by atoms with Gasteiger partial charge in [0, 0.05) is 21.7 Å². The molecule has 0 radical (unpaired) electrons. The quantitative estimate of drug-likeness (QED) is 0.697. The molecule has 14 heavy (non-hydrogen) atoms. The molecule has 0 N–H and O–H groups in total. The highest BCUT2D eigenvalue weighted by Gasteiger charge is 2.06. The molecule has 0 bridgehead atoms. The molecule has 3 heteroatoms. The standard InChI is InChI=1S/C11H16S3/c1-12-8-11(13-2)9-14-10-6-4-3-5-7-10/h3-7,11H,8-9H2,1-2H3/t11-/m1/s1. The van der Waals surface area contributed by atoms with Gasteiger partial charge in [-0.1, -0.05) is 18.2 Å². The minimum absolute atomic E-state index is 0.773. The van der Waals surface area contributed by atoms with Crippen LogP contribution in [0.3, 0.4) is 0 Å². The van der Waals surface area contributed by atoms with Crippen molar-refractivity contribution in [2.24, 2.45) is 0 Å². The molecule has 1 aromatic rings. The van der Waals surface area contributed by atoms with Crippen molar-refractivity contribution in [2.45, 2.75) is 10.1 Å². The zero-order valence-corrected chi connectivity index (χ0v) is 11.1. The second-order valence-corrected chi connectivity index (χ2v) is 6.08. The van der Waals surface area contributed by atoms with Crippen LogP contribution in [0.4, 0.5) is 0 Å². The molecule has 0 aliphatic rings. The molecule has 1 aromatic carbocycles. The first-order chi connectivity index (χ1) is 6.86. The number of hydrogen-bond donors (Lipinski definition) is 0. The average Bonchev–Trinajstić information content (AvgIpc) is 2.25. The Bertz CT molecular complexity index is 236. The first-order valence-electron chi connectivity index (χ1n) is 4.56. The Balaban J connectivity index is 2.32. The van der Waals surface area contributed by atoms with Crippen LogP contribution in [-0.2, 0) is 0 Å². The summed E-state index contributed by atoms with van der Waals surface area (Å²) in [5.74, 6) is 2.47. The maximum Gasteiger partial charge on any atom is 0.0229 e. The largest absolute Gasteiger partial charge is 0.164 e. The summed E-state index contributed by atoms with van der Waals surface area (Å²) < 4.78 is 0. The first kappa shape index (κ1) is 12.3. The molecular formula is C11H16S3. The number of thioether (sulfide) groups is 3. The van der Waals surface area contributed by atoms with Crippen molar-refractivity contribution in [3.63, 3.8) is 0 Å². The lowest BCUT2D eigenvalue weighted by Crippen LogP contribution is -2.08. The summed E-state index contributed by atoms with van der Waals surface area (Å²) in [5, 5.41) is 0.773. The maximum absolute atomic E-state index is 2.20. The molecule has 0 nitrogen and oxygen atoms in total. The van der Waals surface area contributed by atoms with Crippen LogP contribution in [0.5, 0.6) is 0 Å². The number of hydrogen-bond acceptors (Lipinski definition) is 3. The fraction of sp³-hybridized carbons (Fsp3) is 0.455. The first-order valence-corrected chi connectivity index (χ1v) is 8.23. The van der Waals surface area contributed by atoms with E-state index in [2.05, 4.69) is 42.8 Å². The molecule has 0 aliphatic heterocycles. The van der Waals surface area contributed by atoms with Gasteiger partial charge in [0.2, 0.25) is 0 Å². The molecule has 0 heterocycles. The van der Waals surface area contributed by atoms with Gasteiger partial charge in [-0.05, 0) is 24.6 Å². The zero-order valence-electron chi connectivity index (χ0n) is 8.60. The molecule has 0 saturated heterocycles. The van der Waals surface area contributed by atoms with Gasteiger partial charge in [-0.2, -0.15) is 23.5 Å². The van der Waals surface area contributed by atoms with Crippen molar-refractivity contribution >= 4 is 35.3 Å². The van der Waals surface area contributed by atoms with E-state index in [4.69, 9.17) is 0 Å². The molecule has 0 fully saturated rings. The van der Waals surface area contributed by atoms with Crippen molar-refractivity contribution < 1.29 is 0 Å². The maximum atomic E-state index is 2.20. The van der Waals surface area contributed by atoms with E-state index in [1.807, 2.05) is 35.3 Å². The van der Waals surface area contributed by atoms with Crippen LogP contribution in [0, 0.1) is 0 Å². The third-order valence-corrected chi connectivity index (χ3v) is 5.20. The molecular weight excluding hydrogens is 228 g/mol. The molecule has 0 saturated carbocycles. The lowest BCUT2D eigenvalue weighted by atomic mass is 10.4. The predicted octanol–water partition coefficient (Wildman–Crippen LogP) is 3.87. The summed E-state index contributed by atoms with van der Waals surface area (Å²) in [6.45, 7) is 0. The Hall–Kier alpha value is 0.270. The van der Waals surface area contributed by atoms with Crippen LogP contribution in [0.2, 0.25) is 0 Å². The van der Waals surface area contributed by atoms with Crippen molar-refractivity contribution in [2.75, 3.05) is 24.0 Å². The molecule has 0 unspecified atom stereocenters. The van der Waals surface area contributed by atoms with E-state index in [1.54, 1.807) is 0 Å². The average molecular weight is 244 g/mol. The Morgan fingerprint density at radius 2 is 1.79 bits per heavy atom. The highest BCUT2D eigenvalue weighted by atomic mass is 32.2. The van der Waals surface area contributed by atoms with Crippen LogP contribution in [-0.4, -0.2) is 29.3 Å². The summed E-state index contributed by atoms with van der Waals surface area (Å²) >= 11 is 5.87. The molecule has 0 amide bonds. The van der Waals surface area contributed by atoms with Gasteiger partial charge < -0.3 is 0 Å². The van der Waals surface area contributed by atoms with Crippen LogP contribution in [0.1, 0.15) is 0 Å².